The van der Waals surface area contributed by atoms with Gasteiger partial charge in [-0.3, -0.25) is 13.9 Å². The van der Waals surface area contributed by atoms with E-state index < -0.39 is 5.56 Å². The van der Waals surface area contributed by atoms with Gasteiger partial charge in [-0.2, -0.15) is 0 Å². The molecule has 90 valence electrons. The van der Waals surface area contributed by atoms with Crippen molar-refractivity contribution in [1.29, 1.82) is 0 Å². The van der Waals surface area contributed by atoms with E-state index in [1.165, 1.54) is 4.57 Å². The Bertz CT molecular complexity index is 487. The first-order chi connectivity index (χ1) is 7.54. The highest BCUT2D eigenvalue weighted by molar-refractivity contribution is 5.56. The van der Waals surface area contributed by atoms with Crippen LogP contribution in [0.2, 0.25) is 0 Å². The summed E-state index contributed by atoms with van der Waals surface area (Å²) in [5, 5.41) is 0. The van der Waals surface area contributed by atoms with Crippen LogP contribution in [0.4, 0.5) is 11.5 Å². The van der Waals surface area contributed by atoms with Crippen molar-refractivity contribution < 1.29 is 0 Å². The summed E-state index contributed by atoms with van der Waals surface area (Å²) in [4.78, 5) is 23.6. The molecule has 0 amide bonds. The number of nitrogen functional groups attached to an aromatic ring is 2. The van der Waals surface area contributed by atoms with Gasteiger partial charge in [-0.1, -0.05) is 13.3 Å². The second kappa shape index (κ2) is 4.87. The lowest BCUT2D eigenvalue weighted by atomic mass is 10.3. The van der Waals surface area contributed by atoms with Crippen LogP contribution in [0.25, 0.3) is 0 Å². The number of nitrogens with zero attached hydrogens (tertiary/aromatic N) is 2. The molecule has 0 aromatic carbocycles. The summed E-state index contributed by atoms with van der Waals surface area (Å²) in [6.45, 7) is 4.57. The van der Waals surface area contributed by atoms with Crippen molar-refractivity contribution in [3.05, 3.63) is 20.8 Å². The highest BCUT2D eigenvalue weighted by atomic mass is 16.2. The zero-order chi connectivity index (χ0) is 12.3. The van der Waals surface area contributed by atoms with Gasteiger partial charge in [0.15, 0.2) is 0 Å². The van der Waals surface area contributed by atoms with Crippen LogP contribution in [-0.2, 0) is 13.1 Å². The summed E-state index contributed by atoms with van der Waals surface area (Å²) in [6, 6.07) is 0. The van der Waals surface area contributed by atoms with Gasteiger partial charge in [0.1, 0.15) is 11.5 Å². The minimum Gasteiger partial charge on any atom is -0.391 e. The van der Waals surface area contributed by atoms with Gasteiger partial charge in [0.2, 0.25) is 0 Å². The fourth-order valence-corrected chi connectivity index (χ4v) is 1.55. The molecule has 4 N–H and O–H groups in total. The molecule has 0 radical (unpaired) electrons. The fraction of sp³-hybridized carbons (Fsp3) is 0.600. The highest BCUT2D eigenvalue weighted by Gasteiger charge is 2.12. The van der Waals surface area contributed by atoms with Gasteiger partial charge in [0, 0.05) is 13.1 Å². The fourth-order valence-electron chi connectivity index (χ4n) is 1.55. The van der Waals surface area contributed by atoms with Gasteiger partial charge in [0.05, 0.1) is 0 Å². The van der Waals surface area contributed by atoms with Crippen LogP contribution >= 0.6 is 0 Å². The van der Waals surface area contributed by atoms with Crippen molar-refractivity contribution in [3.63, 3.8) is 0 Å². The van der Waals surface area contributed by atoms with E-state index in [2.05, 4.69) is 0 Å². The molecular weight excluding hydrogens is 208 g/mol. The summed E-state index contributed by atoms with van der Waals surface area (Å²) >= 11 is 0. The lowest BCUT2D eigenvalue weighted by molar-refractivity contribution is 0.546. The average Bonchev–Trinajstić information content (AvgIpc) is 2.27. The van der Waals surface area contributed by atoms with Gasteiger partial charge in [-0.05, 0) is 13.3 Å². The zero-order valence-corrected chi connectivity index (χ0v) is 9.69. The summed E-state index contributed by atoms with van der Waals surface area (Å²) in [5.74, 6) is 0.0604. The van der Waals surface area contributed by atoms with E-state index in [1.807, 2.05) is 6.92 Å². The molecule has 0 fully saturated rings. The van der Waals surface area contributed by atoms with Crippen molar-refractivity contribution in [1.82, 2.24) is 9.13 Å². The predicted octanol–water partition coefficient (Wildman–Crippen LogP) is -0.00560. The van der Waals surface area contributed by atoms with Crippen molar-refractivity contribution in [2.75, 3.05) is 11.5 Å². The minimum absolute atomic E-state index is 0.0439. The molecule has 0 atom stereocenters. The Morgan fingerprint density at radius 3 is 2.25 bits per heavy atom. The van der Waals surface area contributed by atoms with Crippen LogP contribution in [-0.4, -0.2) is 9.13 Å². The number of aromatic nitrogens is 2. The van der Waals surface area contributed by atoms with E-state index in [-0.39, 0.29) is 17.2 Å². The molecule has 0 saturated carbocycles. The molecule has 0 aliphatic carbocycles. The van der Waals surface area contributed by atoms with Crippen LogP contribution in [0, 0.1) is 0 Å². The number of hydrogen-bond acceptors (Lipinski definition) is 4. The zero-order valence-electron chi connectivity index (χ0n) is 9.69. The van der Waals surface area contributed by atoms with Crippen LogP contribution in [0.3, 0.4) is 0 Å². The molecule has 1 aromatic rings. The monoisotopic (exact) mass is 226 g/mol. The van der Waals surface area contributed by atoms with Gasteiger partial charge >= 0.3 is 5.69 Å². The summed E-state index contributed by atoms with van der Waals surface area (Å²) < 4.78 is 2.46. The molecule has 0 unspecified atom stereocenters. The van der Waals surface area contributed by atoms with E-state index >= 15 is 0 Å². The Morgan fingerprint density at radius 2 is 1.75 bits per heavy atom. The van der Waals surface area contributed by atoms with Gasteiger partial charge in [-0.25, -0.2) is 4.79 Å². The van der Waals surface area contributed by atoms with E-state index in [1.54, 1.807) is 6.92 Å². The molecule has 1 aromatic heterocycles. The molecule has 6 nitrogen and oxygen atoms in total. The molecule has 1 rings (SSSR count). The van der Waals surface area contributed by atoms with Gasteiger partial charge in [-0.15, -0.1) is 0 Å². The molecule has 6 heteroatoms. The number of nitrogens with two attached hydrogens (primary N) is 2. The maximum absolute atomic E-state index is 11.9. The number of rotatable bonds is 4. The minimum atomic E-state index is -0.486. The third kappa shape index (κ3) is 1.95. The second-order valence-corrected chi connectivity index (χ2v) is 3.64. The third-order valence-electron chi connectivity index (χ3n) is 2.56. The molecule has 0 spiro atoms. The van der Waals surface area contributed by atoms with Crippen LogP contribution in [0.15, 0.2) is 9.59 Å². The smallest absolute Gasteiger partial charge is 0.332 e. The Labute approximate surface area is 93.5 Å². The van der Waals surface area contributed by atoms with Crippen LogP contribution < -0.4 is 22.7 Å². The first-order valence-electron chi connectivity index (χ1n) is 5.43. The molecule has 0 aliphatic rings. The first kappa shape index (κ1) is 12.4. The lowest BCUT2D eigenvalue weighted by Crippen LogP contribution is -2.42. The number of anilines is 2. The summed E-state index contributed by atoms with van der Waals surface area (Å²) in [7, 11) is 0. The van der Waals surface area contributed by atoms with Crippen LogP contribution in [0.5, 0.6) is 0 Å². The largest absolute Gasteiger partial charge is 0.391 e. The van der Waals surface area contributed by atoms with E-state index in [9.17, 15) is 9.59 Å². The normalized spacial score (nSPS) is 10.6. The molecule has 0 aliphatic heterocycles. The Morgan fingerprint density at radius 1 is 1.12 bits per heavy atom. The summed E-state index contributed by atoms with van der Waals surface area (Å²) in [6.07, 6.45) is 1.67. The highest BCUT2D eigenvalue weighted by Crippen LogP contribution is 2.05. The quantitative estimate of drug-likeness (QED) is 0.755. The van der Waals surface area contributed by atoms with Gasteiger partial charge < -0.3 is 11.5 Å². The SMILES string of the molecule is CCCCn1c(=O)c(N)c(N)n(CC)c1=O. The van der Waals surface area contributed by atoms with Crippen molar-refractivity contribution >= 4 is 11.5 Å². The summed E-state index contributed by atoms with van der Waals surface area (Å²) in [5.41, 5.74) is 10.3. The number of unbranched alkanes of at least 4 members (excludes halogenated alkanes) is 1. The first-order valence-corrected chi connectivity index (χ1v) is 5.43. The maximum atomic E-state index is 11.9. The van der Waals surface area contributed by atoms with E-state index in [0.717, 1.165) is 17.4 Å². The van der Waals surface area contributed by atoms with Crippen LogP contribution in [0.1, 0.15) is 26.7 Å². The second-order valence-electron chi connectivity index (χ2n) is 3.64. The predicted molar refractivity (Wildman–Crippen MR) is 64.4 cm³/mol. The standard InChI is InChI=1S/C10H18N4O2/c1-3-5-6-14-9(15)7(11)8(12)13(4-2)10(14)16/h3-6,11-12H2,1-2H3. The Hall–Kier alpha value is -1.72. The molecule has 0 bridgehead atoms. The Balaban J connectivity index is 3.44. The lowest BCUT2D eigenvalue weighted by Gasteiger charge is -2.12. The van der Waals surface area contributed by atoms with Gasteiger partial charge in [0.25, 0.3) is 5.56 Å². The maximum Gasteiger partial charge on any atom is 0.332 e. The van der Waals surface area contributed by atoms with E-state index in [4.69, 9.17) is 11.5 Å². The van der Waals surface area contributed by atoms with E-state index in [0.29, 0.717) is 13.1 Å². The molecule has 1 heterocycles. The Kier molecular flexibility index (Phi) is 3.76. The molecule has 16 heavy (non-hydrogen) atoms. The number of hydrogen-bond donors (Lipinski definition) is 2. The molecular formula is C10H18N4O2. The molecule has 0 saturated heterocycles. The van der Waals surface area contributed by atoms with Crippen molar-refractivity contribution in [3.8, 4) is 0 Å². The average molecular weight is 226 g/mol. The van der Waals surface area contributed by atoms with Crippen molar-refractivity contribution in [2.24, 2.45) is 0 Å². The van der Waals surface area contributed by atoms with Crippen molar-refractivity contribution in [2.45, 2.75) is 39.8 Å². The third-order valence-corrected chi connectivity index (χ3v) is 2.56. The topological polar surface area (TPSA) is 96.0 Å².